The van der Waals surface area contributed by atoms with Crippen molar-refractivity contribution in [2.75, 3.05) is 0 Å². The Morgan fingerprint density at radius 3 is 3.00 bits per heavy atom. The van der Waals surface area contributed by atoms with E-state index in [1.807, 2.05) is 26.0 Å². The molecule has 3 heteroatoms. The molecule has 4 aliphatic rings. The Labute approximate surface area is 120 Å². The van der Waals surface area contributed by atoms with Crippen molar-refractivity contribution in [1.82, 2.24) is 0 Å². The van der Waals surface area contributed by atoms with E-state index < -0.39 is 5.79 Å². The van der Waals surface area contributed by atoms with E-state index in [-0.39, 0.29) is 23.7 Å². The van der Waals surface area contributed by atoms with Crippen LogP contribution in [0.3, 0.4) is 0 Å². The van der Waals surface area contributed by atoms with Crippen LogP contribution in [0.5, 0.6) is 0 Å². The molecule has 3 fully saturated rings. The van der Waals surface area contributed by atoms with Crippen molar-refractivity contribution in [3.05, 3.63) is 23.8 Å². The molecule has 0 amide bonds. The lowest BCUT2D eigenvalue weighted by Gasteiger charge is -2.40. The van der Waals surface area contributed by atoms with Crippen molar-refractivity contribution in [2.24, 2.45) is 11.3 Å². The highest BCUT2D eigenvalue weighted by molar-refractivity contribution is 5.27. The molecule has 3 nitrogen and oxygen atoms in total. The van der Waals surface area contributed by atoms with Crippen LogP contribution >= 0.6 is 0 Å². The van der Waals surface area contributed by atoms with Crippen molar-refractivity contribution >= 4 is 0 Å². The molecule has 0 aromatic carbocycles. The van der Waals surface area contributed by atoms with Gasteiger partial charge in [-0.15, -0.1) is 0 Å². The summed E-state index contributed by atoms with van der Waals surface area (Å²) < 4.78 is 12.4. The van der Waals surface area contributed by atoms with Gasteiger partial charge in [0, 0.05) is 5.41 Å². The minimum Gasteiger partial charge on any atom is -0.388 e. The van der Waals surface area contributed by atoms with Crippen LogP contribution in [-0.4, -0.2) is 29.2 Å². The van der Waals surface area contributed by atoms with Crippen LogP contribution in [0.15, 0.2) is 23.8 Å². The molecule has 1 saturated heterocycles. The number of fused-ring (bicyclic) bond motifs is 3. The predicted octanol–water partition coefficient (Wildman–Crippen LogP) is 2.94. The molecule has 1 spiro atoms. The number of ether oxygens (including phenoxy) is 2. The van der Waals surface area contributed by atoms with E-state index in [2.05, 4.69) is 6.08 Å². The lowest BCUT2D eigenvalue weighted by molar-refractivity contribution is -0.158. The van der Waals surface area contributed by atoms with E-state index in [1.54, 1.807) is 0 Å². The Balaban J connectivity index is 1.79. The fraction of sp³-hybridized carbons (Fsp3) is 0.765. The first-order chi connectivity index (χ1) is 9.50. The summed E-state index contributed by atoms with van der Waals surface area (Å²) in [6.07, 6.45) is 11.5. The molecule has 110 valence electrons. The second-order valence-corrected chi connectivity index (χ2v) is 7.41. The zero-order valence-corrected chi connectivity index (χ0v) is 12.3. The van der Waals surface area contributed by atoms with Gasteiger partial charge in [0.15, 0.2) is 5.79 Å². The van der Waals surface area contributed by atoms with E-state index in [4.69, 9.17) is 9.47 Å². The summed E-state index contributed by atoms with van der Waals surface area (Å²) in [5, 5.41) is 10.7. The number of aliphatic hydroxyl groups is 1. The maximum Gasteiger partial charge on any atom is 0.163 e. The number of hydrogen-bond donors (Lipinski definition) is 1. The summed E-state index contributed by atoms with van der Waals surface area (Å²) in [6.45, 7) is 4.02. The van der Waals surface area contributed by atoms with E-state index in [0.717, 1.165) is 25.7 Å². The molecule has 0 aromatic rings. The summed E-state index contributed by atoms with van der Waals surface area (Å²) in [4.78, 5) is 0. The SMILES string of the molecule is CC1(C)O[C@H]2[C@H](CC3=CC=C[C@@H](O)[C@@]4(CCC[C@H]24)C3)O1. The van der Waals surface area contributed by atoms with Crippen molar-refractivity contribution in [2.45, 2.75) is 70.1 Å². The van der Waals surface area contributed by atoms with E-state index in [0.29, 0.717) is 5.92 Å². The Morgan fingerprint density at radius 1 is 1.30 bits per heavy atom. The van der Waals surface area contributed by atoms with Crippen molar-refractivity contribution in [3.63, 3.8) is 0 Å². The Hall–Kier alpha value is -0.640. The summed E-state index contributed by atoms with van der Waals surface area (Å²) in [6, 6.07) is 0. The number of rotatable bonds is 0. The average Bonchev–Trinajstić information content (AvgIpc) is 2.82. The van der Waals surface area contributed by atoms with Crippen molar-refractivity contribution in [1.29, 1.82) is 0 Å². The summed E-state index contributed by atoms with van der Waals surface area (Å²) in [5.74, 6) is -0.0728. The van der Waals surface area contributed by atoms with Gasteiger partial charge in [-0.1, -0.05) is 30.2 Å². The standard InChI is InChI=1S/C17H24O3/c1-16(2)19-13-9-11-5-3-7-14(18)17(10-11)8-4-6-12(17)15(13)20-16/h3,5,7,12-15,18H,4,6,8-10H2,1-2H3/t12-,13+,14-,15-,17+/m1/s1. The van der Waals surface area contributed by atoms with Crippen LogP contribution in [0.4, 0.5) is 0 Å². The van der Waals surface area contributed by atoms with Crippen LogP contribution < -0.4 is 0 Å². The zero-order valence-electron chi connectivity index (χ0n) is 12.3. The van der Waals surface area contributed by atoms with Gasteiger partial charge in [0.05, 0.1) is 18.3 Å². The lowest BCUT2D eigenvalue weighted by atomic mass is 9.69. The van der Waals surface area contributed by atoms with E-state index in [1.165, 1.54) is 12.0 Å². The van der Waals surface area contributed by atoms with Gasteiger partial charge in [0.1, 0.15) is 0 Å². The highest BCUT2D eigenvalue weighted by Crippen LogP contribution is 2.58. The average molecular weight is 276 g/mol. The first-order valence-electron chi connectivity index (χ1n) is 7.90. The quantitative estimate of drug-likeness (QED) is 0.739. The molecular formula is C17H24O3. The topological polar surface area (TPSA) is 38.7 Å². The molecule has 0 radical (unpaired) electrons. The third-order valence-corrected chi connectivity index (χ3v) is 5.75. The molecular weight excluding hydrogens is 252 g/mol. The molecule has 0 aromatic heterocycles. The number of allylic oxidation sites excluding steroid dienone is 2. The van der Waals surface area contributed by atoms with Crippen LogP contribution in [-0.2, 0) is 9.47 Å². The minimum absolute atomic E-state index is 0.0258. The van der Waals surface area contributed by atoms with Gasteiger partial charge in [-0.3, -0.25) is 0 Å². The van der Waals surface area contributed by atoms with Gasteiger partial charge < -0.3 is 14.6 Å². The van der Waals surface area contributed by atoms with Gasteiger partial charge in [0.2, 0.25) is 0 Å². The molecule has 1 heterocycles. The van der Waals surface area contributed by atoms with Crippen LogP contribution in [0, 0.1) is 11.3 Å². The molecule has 4 rings (SSSR count). The molecule has 5 atom stereocenters. The second kappa shape index (κ2) is 4.19. The maximum atomic E-state index is 10.7. The molecule has 1 N–H and O–H groups in total. The van der Waals surface area contributed by atoms with Gasteiger partial charge in [0.25, 0.3) is 0 Å². The maximum absolute atomic E-state index is 10.7. The van der Waals surface area contributed by atoms with Gasteiger partial charge in [-0.2, -0.15) is 0 Å². The van der Waals surface area contributed by atoms with Gasteiger partial charge in [-0.05, 0) is 45.4 Å². The third kappa shape index (κ3) is 1.76. The molecule has 0 unspecified atom stereocenters. The first kappa shape index (κ1) is 13.1. The second-order valence-electron chi connectivity index (χ2n) is 7.41. The smallest absolute Gasteiger partial charge is 0.163 e. The highest BCUT2D eigenvalue weighted by Gasteiger charge is 2.58. The van der Waals surface area contributed by atoms with Crippen molar-refractivity contribution < 1.29 is 14.6 Å². The minimum atomic E-state index is -0.488. The first-order valence-corrected chi connectivity index (χ1v) is 7.90. The summed E-state index contributed by atoms with van der Waals surface area (Å²) >= 11 is 0. The molecule has 2 saturated carbocycles. The summed E-state index contributed by atoms with van der Waals surface area (Å²) in [5.41, 5.74) is 1.39. The molecule has 20 heavy (non-hydrogen) atoms. The normalized spacial score (nSPS) is 49.0. The fourth-order valence-electron chi connectivity index (χ4n) is 5.04. The van der Waals surface area contributed by atoms with E-state index in [9.17, 15) is 5.11 Å². The Kier molecular flexibility index (Phi) is 2.73. The molecule has 2 bridgehead atoms. The number of hydrogen-bond acceptors (Lipinski definition) is 3. The van der Waals surface area contributed by atoms with Crippen LogP contribution in [0.2, 0.25) is 0 Å². The van der Waals surface area contributed by atoms with Gasteiger partial charge in [-0.25, -0.2) is 0 Å². The number of aliphatic hydroxyl groups excluding tert-OH is 1. The largest absolute Gasteiger partial charge is 0.388 e. The highest BCUT2D eigenvalue weighted by atomic mass is 16.8. The van der Waals surface area contributed by atoms with Gasteiger partial charge >= 0.3 is 0 Å². The monoisotopic (exact) mass is 276 g/mol. The summed E-state index contributed by atoms with van der Waals surface area (Å²) in [7, 11) is 0. The van der Waals surface area contributed by atoms with Crippen molar-refractivity contribution in [3.8, 4) is 0 Å². The van der Waals surface area contributed by atoms with E-state index >= 15 is 0 Å². The van der Waals surface area contributed by atoms with Crippen LogP contribution in [0.25, 0.3) is 0 Å². The molecule has 3 aliphatic carbocycles. The molecule has 1 aliphatic heterocycles. The zero-order chi connectivity index (χ0) is 14.0. The fourth-order valence-corrected chi connectivity index (χ4v) is 5.04. The van der Waals surface area contributed by atoms with Crippen LogP contribution in [0.1, 0.15) is 46.0 Å². The third-order valence-electron chi connectivity index (χ3n) is 5.75. The lowest BCUT2D eigenvalue weighted by Crippen LogP contribution is -2.43. The predicted molar refractivity (Wildman–Crippen MR) is 76.1 cm³/mol. The Bertz CT molecular complexity index is 479. The Morgan fingerprint density at radius 2 is 2.15 bits per heavy atom.